The van der Waals surface area contributed by atoms with Crippen molar-refractivity contribution in [3.8, 4) is 16.7 Å². The average molecular weight is 404 g/mol. The largest absolute Gasteiger partial charge is 0.493 e. The van der Waals surface area contributed by atoms with Gasteiger partial charge in [0.25, 0.3) is 5.19 Å². The summed E-state index contributed by atoms with van der Waals surface area (Å²) in [4.78, 5) is 5.79. The van der Waals surface area contributed by atoms with Crippen LogP contribution in [0.3, 0.4) is 0 Å². The van der Waals surface area contributed by atoms with Crippen molar-refractivity contribution >= 4 is 33.3 Å². The van der Waals surface area contributed by atoms with E-state index in [9.17, 15) is 5.11 Å². The highest BCUT2D eigenvalue weighted by Crippen LogP contribution is 2.38. The number of rotatable bonds is 8. The molecule has 1 N–H and O–H groups in total. The fraction of sp³-hybridized carbons (Fsp3) is 0.381. The molecule has 0 saturated carbocycles. The monoisotopic (exact) mass is 403 g/mol. The van der Waals surface area contributed by atoms with Gasteiger partial charge in [0.1, 0.15) is 0 Å². The lowest BCUT2D eigenvalue weighted by Gasteiger charge is -2.21. The van der Waals surface area contributed by atoms with Gasteiger partial charge in [0.2, 0.25) is 0 Å². The molecule has 6 heteroatoms. The van der Waals surface area contributed by atoms with Crippen molar-refractivity contribution in [1.82, 2.24) is 4.98 Å². The minimum absolute atomic E-state index is 0.603. The van der Waals surface area contributed by atoms with Crippen LogP contribution in [0.5, 0.6) is 16.7 Å². The number of thiazole rings is 1. The molecule has 1 aromatic heterocycles. The van der Waals surface area contributed by atoms with Gasteiger partial charge in [0.05, 0.1) is 22.9 Å². The van der Waals surface area contributed by atoms with Crippen molar-refractivity contribution in [2.24, 2.45) is 0 Å². The van der Waals surface area contributed by atoms with E-state index in [0.29, 0.717) is 23.1 Å². The minimum Gasteiger partial charge on any atom is -0.493 e. The van der Waals surface area contributed by atoms with Crippen LogP contribution in [0.4, 0.5) is 0 Å². The Morgan fingerprint density at radius 1 is 1.22 bits per heavy atom. The summed E-state index contributed by atoms with van der Waals surface area (Å²) in [5.74, 6) is 1.32. The zero-order chi connectivity index (χ0) is 19.4. The van der Waals surface area contributed by atoms with Crippen LogP contribution in [0.15, 0.2) is 41.3 Å². The van der Waals surface area contributed by atoms with Crippen molar-refractivity contribution in [2.45, 2.75) is 43.6 Å². The Balaban J connectivity index is 1.81. The van der Waals surface area contributed by atoms with Crippen molar-refractivity contribution in [3.05, 3.63) is 42.0 Å². The molecule has 1 heterocycles. The van der Waals surface area contributed by atoms with E-state index in [4.69, 9.17) is 9.47 Å². The second-order valence-corrected chi connectivity index (χ2v) is 8.57. The molecule has 4 nitrogen and oxygen atoms in total. The molecule has 3 rings (SSSR count). The summed E-state index contributed by atoms with van der Waals surface area (Å²) < 4.78 is 12.7. The molecule has 1 atom stereocenters. The summed E-state index contributed by atoms with van der Waals surface area (Å²) in [6.07, 6.45) is 4.28. The van der Waals surface area contributed by atoms with Crippen LogP contribution in [0.2, 0.25) is 0 Å². The maximum atomic E-state index is 10.2. The highest BCUT2D eigenvalue weighted by Gasteiger charge is 2.18. The van der Waals surface area contributed by atoms with Gasteiger partial charge in [-0.05, 0) is 62.3 Å². The van der Waals surface area contributed by atoms with Gasteiger partial charge in [-0.15, -0.1) is 11.8 Å². The molecular weight excluding hydrogens is 378 g/mol. The molecule has 0 spiro atoms. The summed E-state index contributed by atoms with van der Waals surface area (Å²) in [5, 5.41) is 10.8. The van der Waals surface area contributed by atoms with Crippen molar-refractivity contribution in [2.75, 3.05) is 13.4 Å². The molecule has 2 aromatic carbocycles. The summed E-state index contributed by atoms with van der Waals surface area (Å²) in [6, 6.07) is 12.1. The van der Waals surface area contributed by atoms with E-state index in [0.717, 1.165) is 33.5 Å². The van der Waals surface area contributed by atoms with Crippen LogP contribution in [-0.4, -0.2) is 29.1 Å². The van der Waals surface area contributed by atoms with Crippen LogP contribution < -0.4 is 9.47 Å². The number of fused-ring (bicyclic) bond motifs is 1. The standard InChI is InChI=1S/C21H25NO3S2/c1-5-21(2,23)12-11-14-9-10-15(16(13-14)24-3)25-20-22-19-17(26-4)7-6-8-18(19)27-20/h6-10,13,23H,5,11-12H2,1-4H3. The van der Waals surface area contributed by atoms with Gasteiger partial charge < -0.3 is 14.6 Å². The van der Waals surface area contributed by atoms with Crippen molar-refractivity contribution in [3.63, 3.8) is 0 Å². The molecule has 3 aromatic rings. The first-order valence-corrected chi connectivity index (χ1v) is 11.0. The van der Waals surface area contributed by atoms with Crippen LogP contribution in [0.1, 0.15) is 32.3 Å². The molecule has 0 saturated heterocycles. The molecule has 1 unspecified atom stereocenters. The molecule has 0 bridgehead atoms. The fourth-order valence-electron chi connectivity index (χ4n) is 2.75. The number of ether oxygens (including phenoxy) is 2. The van der Waals surface area contributed by atoms with E-state index >= 15 is 0 Å². The number of thioether (sulfide) groups is 1. The molecule has 0 radical (unpaired) electrons. The van der Waals surface area contributed by atoms with Gasteiger partial charge >= 0.3 is 0 Å². The molecule has 0 aliphatic rings. The lowest BCUT2D eigenvalue weighted by atomic mass is 9.94. The predicted octanol–water partition coefficient (Wildman–Crippen LogP) is 5.91. The summed E-state index contributed by atoms with van der Waals surface area (Å²) in [5.41, 5.74) is 1.45. The van der Waals surface area contributed by atoms with Crippen LogP contribution in [0, 0.1) is 0 Å². The number of hydrogen-bond donors (Lipinski definition) is 1. The Kier molecular flexibility index (Phi) is 6.29. The van der Waals surface area contributed by atoms with Gasteiger partial charge in [0.15, 0.2) is 11.5 Å². The number of nitrogens with zero attached hydrogens (tertiary/aromatic N) is 1. The average Bonchev–Trinajstić information content (AvgIpc) is 3.09. The van der Waals surface area contributed by atoms with Gasteiger partial charge in [-0.3, -0.25) is 0 Å². The molecule has 0 aliphatic carbocycles. The Morgan fingerprint density at radius 2 is 2.04 bits per heavy atom. The molecule has 27 heavy (non-hydrogen) atoms. The lowest BCUT2D eigenvalue weighted by Crippen LogP contribution is -2.23. The SMILES string of the molecule is CCC(C)(O)CCc1ccc(Oc2nc3c(SC)cccc3s2)c(OC)c1. The maximum absolute atomic E-state index is 10.2. The van der Waals surface area contributed by atoms with Gasteiger partial charge in [-0.2, -0.15) is 0 Å². The number of aliphatic hydroxyl groups is 1. The molecule has 0 aliphatic heterocycles. The predicted molar refractivity (Wildman–Crippen MR) is 114 cm³/mol. The molecule has 0 amide bonds. The van der Waals surface area contributed by atoms with Crippen LogP contribution >= 0.6 is 23.1 Å². The first-order valence-electron chi connectivity index (χ1n) is 8.96. The van der Waals surface area contributed by atoms with Crippen LogP contribution in [0.25, 0.3) is 10.2 Å². The number of hydrogen-bond acceptors (Lipinski definition) is 6. The zero-order valence-corrected chi connectivity index (χ0v) is 17.7. The van der Waals surface area contributed by atoms with E-state index in [1.54, 1.807) is 18.9 Å². The van der Waals surface area contributed by atoms with Crippen molar-refractivity contribution in [1.29, 1.82) is 0 Å². The van der Waals surface area contributed by atoms with Crippen LogP contribution in [-0.2, 0) is 6.42 Å². The Hall–Kier alpha value is -1.76. The van der Waals surface area contributed by atoms with E-state index in [2.05, 4.69) is 17.1 Å². The first kappa shape index (κ1) is 20.0. The van der Waals surface area contributed by atoms with E-state index in [1.807, 2.05) is 44.4 Å². The smallest absolute Gasteiger partial charge is 0.280 e. The lowest BCUT2D eigenvalue weighted by molar-refractivity contribution is 0.0473. The quantitative estimate of drug-likeness (QED) is 0.474. The third kappa shape index (κ3) is 4.75. The van der Waals surface area contributed by atoms with E-state index in [-0.39, 0.29) is 0 Å². The maximum Gasteiger partial charge on any atom is 0.280 e. The van der Waals surface area contributed by atoms with E-state index < -0.39 is 5.60 Å². The summed E-state index contributed by atoms with van der Waals surface area (Å²) >= 11 is 3.21. The molecule has 0 fully saturated rings. The van der Waals surface area contributed by atoms with Gasteiger partial charge in [0, 0.05) is 4.90 Å². The second kappa shape index (κ2) is 8.50. The Bertz CT molecular complexity index is 921. The summed E-state index contributed by atoms with van der Waals surface area (Å²) in [7, 11) is 1.64. The number of benzene rings is 2. The topological polar surface area (TPSA) is 51.6 Å². The van der Waals surface area contributed by atoms with Gasteiger partial charge in [-0.1, -0.05) is 30.4 Å². The molecular formula is C21H25NO3S2. The van der Waals surface area contributed by atoms with Gasteiger partial charge in [-0.25, -0.2) is 4.98 Å². The highest BCUT2D eigenvalue weighted by molar-refractivity contribution is 7.98. The first-order chi connectivity index (χ1) is 13.0. The third-order valence-electron chi connectivity index (χ3n) is 4.72. The third-order valence-corrected chi connectivity index (χ3v) is 6.39. The zero-order valence-electron chi connectivity index (χ0n) is 16.1. The number of aromatic nitrogens is 1. The molecule has 144 valence electrons. The van der Waals surface area contributed by atoms with Crippen molar-refractivity contribution < 1.29 is 14.6 Å². The van der Waals surface area contributed by atoms with E-state index in [1.165, 1.54) is 11.3 Å². The highest BCUT2D eigenvalue weighted by atomic mass is 32.2. The number of methoxy groups -OCH3 is 1. The number of para-hydroxylation sites is 1. The summed E-state index contributed by atoms with van der Waals surface area (Å²) in [6.45, 7) is 3.87. The second-order valence-electron chi connectivity index (χ2n) is 6.72. The minimum atomic E-state index is -0.640. The Morgan fingerprint density at radius 3 is 2.74 bits per heavy atom. The number of aryl methyl sites for hydroxylation is 1. The normalized spacial score (nSPS) is 13.5. The fourth-order valence-corrected chi connectivity index (χ4v) is 4.23. The Labute approximate surface area is 168 Å².